The molecular weight excluding hydrogens is 182 g/mol. The third-order valence-electron chi connectivity index (χ3n) is 1.25. The fraction of sp³-hybridized carbons (Fsp3) is 0. The van der Waals surface area contributed by atoms with Gasteiger partial charge in [-0.1, -0.05) is 12.1 Å². The largest absolute Gasteiger partial charge is 1.00 e. The highest BCUT2D eigenvalue weighted by Gasteiger charge is 2.07. The lowest BCUT2D eigenvalue weighted by Gasteiger charge is -1.92. The van der Waals surface area contributed by atoms with Gasteiger partial charge in [0.1, 0.15) is 11.3 Å². The first-order valence-electron chi connectivity index (χ1n) is 2.86. The second kappa shape index (κ2) is 5.54. The van der Waals surface area contributed by atoms with Crippen molar-refractivity contribution >= 4 is 11.7 Å². The van der Waals surface area contributed by atoms with Crippen LogP contribution < -0.4 is 18.1 Å². The molecule has 12 heavy (non-hydrogen) atoms. The minimum absolute atomic E-state index is 0. The zero-order valence-corrected chi connectivity index (χ0v) is 7.01. The Kier molecular flexibility index (Phi) is 6.22. The van der Waals surface area contributed by atoms with Crippen LogP contribution in [0.15, 0.2) is 24.3 Å². The van der Waals surface area contributed by atoms with Gasteiger partial charge in [0.2, 0.25) is 0 Å². The maximum absolute atomic E-state index is 10.4. The quantitative estimate of drug-likeness (QED) is 0.481. The first-order chi connectivity index (χ1) is 4.72. The van der Waals surface area contributed by atoms with Gasteiger partial charge >= 0.3 is 5.97 Å². The second-order valence-corrected chi connectivity index (χ2v) is 1.96. The third-order valence-corrected chi connectivity index (χ3v) is 1.25. The van der Waals surface area contributed by atoms with Crippen LogP contribution in [0.4, 0.5) is 5.69 Å². The Morgan fingerprint density at radius 2 is 1.83 bits per heavy atom. The summed E-state index contributed by atoms with van der Waals surface area (Å²) < 4.78 is 0. The van der Waals surface area contributed by atoms with E-state index in [1.54, 1.807) is 18.2 Å². The molecule has 1 aromatic carbocycles. The van der Waals surface area contributed by atoms with Crippen molar-refractivity contribution in [1.29, 1.82) is 0 Å². The van der Waals surface area contributed by atoms with Crippen molar-refractivity contribution in [2.75, 3.05) is 0 Å². The van der Waals surface area contributed by atoms with Crippen LogP contribution in [0.2, 0.25) is 0 Å². The van der Waals surface area contributed by atoms with Gasteiger partial charge in [-0.2, -0.15) is 0 Å². The number of aromatic carboxylic acids is 1. The van der Waals surface area contributed by atoms with Crippen molar-refractivity contribution in [1.82, 2.24) is 0 Å². The molecule has 0 aromatic heterocycles. The Morgan fingerprint density at radius 1 is 1.33 bits per heavy atom. The summed E-state index contributed by atoms with van der Waals surface area (Å²) >= 11 is 0. The summed E-state index contributed by atoms with van der Waals surface area (Å²) in [6.07, 6.45) is 0. The molecule has 0 aliphatic carbocycles. The summed E-state index contributed by atoms with van der Waals surface area (Å²) in [5.74, 6) is -0.925. The Labute approximate surface area is 75.7 Å². The smallest absolute Gasteiger partial charge is 0.341 e. The van der Waals surface area contributed by atoms with Gasteiger partial charge in [-0.05, 0) is 12.1 Å². The van der Waals surface area contributed by atoms with Gasteiger partial charge in [0.05, 0.1) is 0 Å². The van der Waals surface area contributed by atoms with E-state index >= 15 is 0 Å². The number of halogens is 1. The lowest BCUT2D eigenvalue weighted by molar-refractivity contribution is -0.255. The summed E-state index contributed by atoms with van der Waals surface area (Å²) in [7, 11) is 0. The highest BCUT2D eigenvalue weighted by molar-refractivity contribution is 5.91. The van der Waals surface area contributed by atoms with Crippen LogP contribution in [0, 0.1) is 0 Å². The van der Waals surface area contributed by atoms with Crippen LogP contribution in [0.1, 0.15) is 10.4 Å². The van der Waals surface area contributed by atoms with Crippen molar-refractivity contribution < 1.29 is 33.5 Å². The summed E-state index contributed by atoms with van der Waals surface area (Å²) in [5, 5.41) is 8.53. The summed E-state index contributed by atoms with van der Waals surface area (Å²) in [6, 6.07) is 6.64. The lowest BCUT2D eigenvalue weighted by atomic mass is 10.2. The fourth-order valence-electron chi connectivity index (χ4n) is 0.729. The van der Waals surface area contributed by atoms with E-state index in [2.05, 4.69) is 5.73 Å². The van der Waals surface area contributed by atoms with E-state index in [-0.39, 0.29) is 23.4 Å². The summed E-state index contributed by atoms with van der Waals surface area (Å²) in [6.45, 7) is 0. The molecule has 0 heterocycles. The van der Waals surface area contributed by atoms with Crippen molar-refractivity contribution in [3.05, 3.63) is 29.8 Å². The van der Waals surface area contributed by atoms with Crippen LogP contribution in [-0.4, -0.2) is 16.6 Å². The Morgan fingerprint density at radius 3 is 2.17 bits per heavy atom. The Hall–Kier alpha value is -1.10. The van der Waals surface area contributed by atoms with E-state index in [4.69, 9.17) is 5.11 Å². The molecule has 0 bridgehead atoms. The molecule has 0 saturated heterocycles. The molecule has 0 unspecified atom stereocenters. The SMILES string of the molecule is O.[Cl-].[NH3+]c1ccccc1C(=O)O. The van der Waals surface area contributed by atoms with E-state index < -0.39 is 5.97 Å². The van der Waals surface area contributed by atoms with Crippen molar-refractivity contribution in [2.24, 2.45) is 0 Å². The molecule has 0 aliphatic rings. The molecule has 1 rings (SSSR count). The standard InChI is InChI=1S/C7H7NO2.ClH.H2O/c8-6-4-2-1-3-5(6)7(9)10;;/h1-4H,8H2,(H,9,10);1H;1H2. The number of benzene rings is 1. The van der Waals surface area contributed by atoms with Crippen molar-refractivity contribution in [2.45, 2.75) is 0 Å². The molecule has 0 aliphatic heterocycles. The minimum Gasteiger partial charge on any atom is -1.00 e. The topological polar surface area (TPSA) is 96.4 Å². The predicted molar refractivity (Wildman–Crippen MR) is 39.6 cm³/mol. The second-order valence-electron chi connectivity index (χ2n) is 1.96. The monoisotopic (exact) mass is 191 g/mol. The zero-order chi connectivity index (χ0) is 7.56. The molecule has 1 aromatic rings. The van der Waals surface area contributed by atoms with Gasteiger partial charge < -0.3 is 28.7 Å². The van der Waals surface area contributed by atoms with Crippen molar-refractivity contribution in [3.8, 4) is 0 Å². The number of hydrogen-bond acceptors (Lipinski definition) is 1. The first-order valence-corrected chi connectivity index (χ1v) is 2.86. The van der Waals surface area contributed by atoms with Crippen LogP contribution >= 0.6 is 0 Å². The first kappa shape index (κ1) is 13.5. The van der Waals surface area contributed by atoms with Crippen LogP contribution in [0.25, 0.3) is 0 Å². The molecule has 68 valence electrons. The van der Waals surface area contributed by atoms with Gasteiger partial charge in [0, 0.05) is 0 Å². The summed E-state index contributed by atoms with van der Waals surface area (Å²) in [5.41, 5.74) is 4.38. The van der Waals surface area contributed by atoms with Crippen molar-refractivity contribution in [3.63, 3.8) is 0 Å². The van der Waals surface area contributed by atoms with E-state index in [0.717, 1.165) is 0 Å². The number of rotatable bonds is 1. The molecule has 0 saturated carbocycles. The molecule has 0 atom stereocenters. The van der Waals surface area contributed by atoms with E-state index in [1.165, 1.54) is 6.07 Å². The molecule has 6 N–H and O–H groups in total. The predicted octanol–water partition coefficient (Wildman–Crippen LogP) is -3.56. The molecule has 0 spiro atoms. The maximum Gasteiger partial charge on any atom is 0.341 e. The molecule has 5 heteroatoms. The normalized spacial score (nSPS) is 7.75. The zero-order valence-electron chi connectivity index (χ0n) is 6.25. The van der Waals surface area contributed by atoms with Crippen LogP contribution in [-0.2, 0) is 0 Å². The molecule has 0 radical (unpaired) electrons. The van der Waals surface area contributed by atoms with Crippen LogP contribution in [0.5, 0.6) is 0 Å². The number of carboxylic acids is 1. The van der Waals surface area contributed by atoms with Gasteiger partial charge in [-0.15, -0.1) is 0 Å². The van der Waals surface area contributed by atoms with Crippen LogP contribution in [0.3, 0.4) is 0 Å². The maximum atomic E-state index is 10.4. The number of carbonyl (C=O) groups is 1. The Bertz CT molecular complexity index is 265. The highest BCUT2D eigenvalue weighted by atomic mass is 35.5. The van der Waals surface area contributed by atoms with Gasteiger partial charge in [-0.3, -0.25) is 0 Å². The van der Waals surface area contributed by atoms with Gasteiger partial charge in [0.25, 0.3) is 0 Å². The van der Waals surface area contributed by atoms with E-state index in [1.807, 2.05) is 0 Å². The fourth-order valence-corrected chi connectivity index (χ4v) is 0.729. The molecule has 4 nitrogen and oxygen atoms in total. The summed E-state index contributed by atoms with van der Waals surface area (Å²) in [4.78, 5) is 10.4. The Balaban J connectivity index is 0. The van der Waals surface area contributed by atoms with Gasteiger partial charge in [0.15, 0.2) is 0 Å². The highest BCUT2D eigenvalue weighted by Crippen LogP contribution is 2.06. The van der Waals surface area contributed by atoms with E-state index in [9.17, 15) is 4.79 Å². The van der Waals surface area contributed by atoms with Gasteiger partial charge in [-0.25, -0.2) is 4.79 Å². The number of hydrogen-bond donors (Lipinski definition) is 2. The third kappa shape index (κ3) is 2.87. The van der Waals surface area contributed by atoms with E-state index in [0.29, 0.717) is 5.69 Å². The number of carboxylic acid groups (broad SMARTS) is 1. The molecular formula is C7H10ClNO3. The average Bonchev–Trinajstić information content (AvgIpc) is 1.88. The molecule has 0 fully saturated rings. The number of quaternary nitrogens is 1. The lowest BCUT2D eigenvalue weighted by Crippen LogP contribution is -3.00. The average molecular weight is 192 g/mol. The minimum atomic E-state index is -0.925. The molecule has 0 amide bonds.